The van der Waals surface area contributed by atoms with E-state index in [0.717, 1.165) is 25.7 Å². The van der Waals surface area contributed by atoms with Crippen molar-refractivity contribution < 1.29 is 9.32 Å². The number of nitrogens with one attached hydrogen (secondary N) is 1. The highest BCUT2D eigenvalue weighted by atomic mass is 16.5. The van der Waals surface area contributed by atoms with Crippen molar-refractivity contribution in [3.63, 3.8) is 0 Å². The number of amides is 1. The smallest absolute Gasteiger partial charge is 0.259 e. The summed E-state index contributed by atoms with van der Waals surface area (Å²) in [5.74, 6) is 0.609. The highest BCUT2D eigenvalue weighted by molar-refractivity contribution is 5.94. The molecule has 0 saturated heterocycles. The summed E-state index contributed by atoms with van der Waals surface area (Å²) in [6.07, 6.45) is 5.87. The standard InChI is InChI=1S/C13H21N3O2/c1-9-12(8-15-18-9)13(17)16(3)11-6-4-10(14-2)5-7-11/h8,10-11,14H,4-7H2,1-3H3. The number of carbonyl (C=O) groups is 1. The van der Waals surface area contributed by atoms with E-state index < -0.39 is 0 Å². The maximum absolute atomic E-state index is 12.3. The third-order valence-corrected chi connectivity index (χ3v) is 3.95. The molecule has 2 rings (SSSR count). The monoisotopic (exact) mass is 251 g/mol. The topological polar surface area (TPSA) is 58.4 Å². The van der Waals surface area contributed by atoms with E-state index in [-0.39, 0.29) is 5.91 Å². The average Bonchev–Trinajstić information content (AvgIpc) is 2.83. The van der Waals surface area contributed by atoms with Gasteiger partial charge in [0.2, 0.25) is 0 Å². The van der Waals surface area contributed by atoms with Crippen LogP contribution in [0.3, 0.4) is 0 Å². The summed E-state index contributed by atoms with van der Waals surface area (Å²) in [4.78, 5) is 14.1. The summed E-state index contributed by atoms with van der Waals surface area (Å²) < 4.78 is 4.95. The number of rotatable bonds is 3. The Bertz CT molecular complexity index is 408. The van der Waals surface area contributed by atoms with E-state index in [9.17, 15) is 4.79 Å². The first-order valence-electron chi connectivity index (χ1n) is 6.49. The van der Waals surface area contributed by atoms with E-state index in [0.29, 0.717) is 23.4 Å². The zero-order valence-corrected chi connectivity index (χ0v) is 11.3. The lowest BCUT2D eigenvalue weighted by Crippen LogP contribution is -2.42. The second-order valence-electron chi connectivity index (χ2n) is 5.01. The zero-order chi connectivity index (χ0) is 13.1. The summed E-state index contributed by atoms with van der Waals surface area (Å²) in [6.45, 7) is 1.77. The molecule has 18 heavy (non-hydrogen) atoms. The summed E-state index contributed by atoms with van der Waals surface area (Å²) in [5.41, 5.74) is 0.577. The van der Waals surface area contributed by atoms with E-state index in [2.05, 4.69) is 10.5 Å². The van der Waals surface area contributed by atoms with Crippen LogP contribution >= 0.6 is 0 Å². The SMILES string of the molecule is CNC1CCC(N(C)C(=O)c2cnoc2C)CC1. The molecular formula is C13H21N3O2. The van der Waals surface area contributed by atoms with Gasteiger partial charge < -0.3 is 14.7 Å². The Balaban J connectivity index is 1.98. The molecule has 1 aromatic heterocycles. The van der Waals surface area contributed by atoms with Gasteiger partial charge in [-0.2, -0.15) is 0 Å². The first kappa shape index (κ1) is 13.1. The van der Waals surface area contributed by atoms with Crippen LogP contribution in [-0.2, 0) is 0 Å². The fourth-order valence-corrected chi connectivity index (χ4v) is 2.61. The Morgan fingerprint density at radius 1 is 1.44 bits per heavy atom. The van der Waals surface area contributed by atoms with E-state index in [1.807, 2.05) is 19.0 Å². The van der Waals surface area contributed by atoms with Gasteiger partial charge in [0, 0.05) is 19.1 Å². The molecule has 5 heteroatoms. The van der Waals surface area contributed by atoms with Crippen molar-refractivity contribution in [1.82, 2.24) is 15.4 Å². The van der Waals surface area contributed by atoms with Crippen molar-refractivity contribution in [2.75, 3.05) is 14.1 Å². The quantitative estimate of drug-likeness (QED) is 0.886. The Kier molecular flexibility index (Phi) is 4.01. The molecule has 0 aliphatic heterocycles. The van der Waals surface area contributed by atoms with Crippen molar-refractivity contribution in [1.29, 1.82) is 0 Å². The molecule has 0 atom stereocenters. The van der Waals surface area contributed by atoms with E-state index in [1.54, 1.807) is 6.92 Å². The molecule has 1 heterocycles. The van der Waals surface area contributed by atoms with Crippen LogP contribution in [0, 0.1) is 6.92 Å². The second-order valence-corrected chi connectivity index (χ2v) is 5.01. The van der Waals surface area contributed by atoms with Crippen LogP contribution < -0.4 is 5.32 Å². The summed E-state index contributed by atoms with van der Waals surface area (Å²) in [7, 11) is 3.87. The van der Waals surface area contributed by atoms with Gasteiger partial charge in [-0.1, -0.05) is 5.16 Å². The first-order chi connectivity index (χ1) is 8.63. The lowest BCUT2D eigenvalue weighted by atomic mass is 9.90. The fraction of sp³-hybridized carbons (Fsp3) is 0.692. The van der Waals surface area contributed by atoms with Gasteiger partial charge in [0.15, 0.2) is 0 Å². The molecular weight excluding hydrogens is 230 g/mol. The van der Waals surface area contributed by atoms with Crippen LogP contribution in [0.2, 0.25) is 0 Å². The highest BCUT2D eigenvalue weighted by Crippen LogP contribution is 2.23. The van der Waals surface area contributed by atoms with E-state index in [1.165, 1.54) is 6.20 Å². The predicted octanol–water partition coefficient (Wildman–Crippen LogP) is 1.59. The number of carbonyl (C=O) groups excluding carboxylic acids is 1. The largest absolute Gasteiger partial charge is 0.361 e. The molecule has 1 aliphatic carbocycles. The number of aryl methyl sites for hydroxylation is 1. The molecule has 0 radical (unpaired) electrons. The van der Waals surface area contributed by atoms with Gasteiger partial charge >= 0.3 is 0 Å². The lowest BCUT2D eigenvalue weighted by molar-refractivity contribution is 0.0684. The molecule has 5 nitrogen and oxygen atoms in total. The Morgan fingerprint density at radius 2 is 2.11 bits per heavy atom. The maximum Gasteiger partial charge on any atom is 0.259 e. The van der Waals surface area contributed by atoms with Gasteiger partial charge in [-0.25, -0.2) is 0 Å². The Labute approximate surface area is 108 Å². The van der Waals surface area contributed by atoms with E-state index >= 15 is 0 Å². The predicted molar refractivity (Wildman–Crippen MR) is 68.4 cm³/mol. The molecule has 1 fully saturated rings. The van der Waals surface area contributed by atoms with Gasteiger partial charge in [0.25, 0.3) is 5.91 Å². The molecule has 0 spiro atoms. The molecule has 0 unspecified atom stereocenters. The number of hydrogen-bond acceptors (Lipinski definition) is 4. The molecule has 0 aromatic carbocycles. The molecule has 1 amide bonds. The highest BCUT2D eigenvalue weighted by Gasteiger charge is 2.27. The Morgan fingerprint density at radius 3 is 2.61 bits per heavy atom. The van der Waals surface area contributed by atoms with Crippen LogP contribution in [0.4, 0.5) is 0 Å². The number of aromatic nitrogens is 1. The van der Waals surface area contributed by atoms with Gasteiger partial charge in [0.05, 0.1) is 6.20 Å². The summed E-state index contributed by atoms with van der Waals surface area (Å²) in [5, 5.41) is 6.96. The lowest BCUT2D eigenvalue weighted by Gasteiger charge is -2.34. The van der Waals surface area contributed by atoms with Crippen LogP contribution in [0.5, 0.6) is 0 Å². The van der Waals surface area contributed by atoms with Gasteiger partial charge in [0.1, 0.15) is 11.3 Å². The zero-order valence-electron chi connectivity index (χ0n) is 11.3. The Hall–Kier alpha value is -1.36. The molecule has 1 saturated carbocycles. The molecule has 0 bridgehead atoms. The number of nitrogens with zero attached hydrogens (tertiary/aromatic N) is 2. The second kappa shape index (κ2) is 5.52. The minimum absolute atomic E-state index is 0.0154. The summed E-state index contributed by atoms with van der Waals surface area (Å²) >= 11 is 0. The van der Waals surface area contributed by atoms with Crippen LogP contribution in [0.15, 0.2) is 10.7 Å². The van der Waals surface area contributed by atoms with Crippen molar-refractivity contribution in [2.45, 2.75) is 44.7 Å². The molecule has 100 valence electrons. The fourth-order valence-electron chi connectivity index (χ4n) is 2.61. The molecule has 1 aliphatic rings. The van der Waals surface area contributed by atoms with Gasteiger partial charge in [-0.3, -0.25) is 4.79 Å². The molecule has 1 N–H and O–H groups in total. The van der Waals surface area contributed by atoms with E-state index in [4.69, 9.17) is 4.52 Å². The normalized spacial score (nSPS) is 23.9. The van der Waals surface area contributed by atoms with Crippen molar-refractivity contribution in [3.8, 4) is 0 Å². The van der Waals surface area contributed by atoms with Gasteiger partial charge in [-0.05, 0) is 39.7 Å². The van der Waals surface area contributed by atoms with Gasteiger partial charge in [-0.15, -0.1) is 0 Å². The first-order valence-corrected chi connectivity index (χ1v) is 6.49. The third kappa shape index (κ3) is 2.56. The average molecular weight is 251 g/mol. The minimum atomic E-state index is 0.0154. The third-order valence-electron chi connectivity index (χ3n) is 3.95. The minimum Gasteiger partial charge on any atom is -0.361 e. The van der Waals surface area contributed by atoms with Crippen molar-refractivity contribution >= 4 is 5.91 Å². The maximum atomic E-state index is 12.3. The van der Waals surface area contributed by atoms with Crippen molar-refractivity contribution in [3.05, 3.63) is 17.5 Å². The van der Waals surface area contributed by atoms with Crippen LogP contribution in [0.1, 0.15) is 41.8 Å². The number of hydrogen-bond donors (Lipinski definition) is 1. The summed E-state index contributed by atoms with van der Waals surface area (Å²) in [6, 6.07) is 0.929. The van der Waals surface area contributed by atoms with Crippen LogP contribution in [0.25, 0.3) is 0 Å². The van der Waals surface area contributed by atoms with Crippen LogP contribution in [-0.4, -0.2) is 42.1 Å². The van der Waals surface area contributed by atoms with Crippen molar-refractivity contribution in [2.24, 2.45) is 0 Å². The molecule has 1 aromatic rings.